The van der Waals surface area contributed by atoms with Crippen LogP contribution in [0.5, 0.6) is 0 Å². The summed E-state index contributed by atoms with van der Waals surface area (Å²) < 4.78 is 22.4. The highest BCUT2D eigenvalue weighted by Crippen LogP contribution is 1.93. The highest BCUT2D eigenvalue weighted by molar-refractivity contribution is 4.67. The van der Waals surface area contributed by atoms with Crippen molar-refractivity contribution in [1.29, 1.82) is 0 Å². The van der Waals surface area contributed by atoms with Gasteiger partial charge < -0.3 is 0 Å². The van der Waals surface area contributed by atoms with Crippen LogP contribution in [0, 0.1) is 6.42 Å². The third-order valence-electron chi connectivity index (χ3n) is 0.509. The maximum Gasteiger partial charge on any atom is 0.0924 e. The van der Waals surface area contributed by atoms with Crippen LogP contribution in [0.3, 0.4) is 0 Å². The molecule has 0 fully saturated rings. The molecule has 0 saturated carbocycles. The molecule has 0 spiro atoms. The molecule has 6 heavy (non-hydrogen) atoms. The van der Waals surface area contributed by atoms with Crippen molar-refractivity contribution in [2.75, 3.05) is 6.67 Å². The predicted molar refractivity (Wildman–Crippen MR) is 20.8 cm³/mol. The van der Waals surface area contributed by atoms with Gasteiger partial charge >= 0.3 is 0 Å². The van der Waals surface area contributed by atoms with E-state index in [1.807, 2.05) is 0 Å². The molecule has 1 atom stereocenters. The lowest BCUT2D eigenvalue weighted by molar-refractivity contribution is 0.293. The van der Waals surface area contributed by atoms with Gasteiger partial charge in [0.15, 0.2) is 0 Å². The fraction of sp³-hybridized carbons (Fsp3) is 0.750. The van der Waals surface area contributed by atoms with E-state index in [0.717, 1.165) is 0 Å². The van der Waals surface area contributed by atoms with Gasteiger partial charge in [0, 0.05) is 6.17 Å². The van der Waals surface area contributed by atoms with Crippen molar-refractivity contribution in [3.8, 4) is 0 Å². The van der Waals surface area contributed by atoms with Crippen molar-refractivity contribution in [3.05, 3.63) is 6.42 Å². The van der Waals surface area contributed by atoms with Gasteiger partial charge in [0.2, 0.25) is 0 Å². The van der Waals surface area contributed by atoms with Gasteiger partial charge in [-0.2, -0.15) is 6.92 Å². The SMILES string of the molecule is C[CH-]C(F)CF. The minimum Gasteiger partial charge on any atom is -0.295 e. The standard InChI is InChI=1S/C4H7F2/c1-2-4(6)3-5/h2,4H,3H2,1H3/q-1. The lowest BCUT2D eigenvalue weighted by Crippen LogP contribution is -1.98. The van der Waals surface area contributed by atoms with Gasteiger partial charge in [0.05, 0.1) is 6.67 Å². The van der Waals surface area contributed by atoms with E-state index in [-0.39, 0.29) is 0 Å². The summed E-state index contributed by atoms with van der Waals surface area (Å²) in [7, 11) is 0. The molecule has 0 saturated heterocycles. The molecule has 0 bridgehead atoms. The van der Waals surface area contributed by atoms with Crippen LogP contribution in [0.1, 0.15) is 6.92 Å². The van der Waals surface area contributed by atoms with Gasteiger partial charge in [-0.05, 0) is 0 Å². The van der Waals surface area contributed by atoms with E-state index < -0.39 is 12.8 Å². The maximum absolute atomic E-state index is 11.4. The van der Waals surface area contributed by atoms with Gasteiger partial charge in [0.1, 0.15) is 0 Å². The van der Waals surface area contributed by atoms with Crippen LogP contribution in [0.15, 0.2) is 0 Å². The quantitative estimate of drug-likeness (QED) is 0.454. The van der Waals surface area contributed by atoms with Gasteiger partial charge in [-0.3, -0.25) is 15.2 Å². The third kappa shape index (κ3) is 2.12. The molecule has 0 rings (SSSR count). The maximum atomic E-state index is 11.4. The summed E-state index contributed by atoms with van der Waals surface area (Å²) in [5.41, 5.74) is 0. The average molecular weight is 93.1 g/mol. The smallest absolute Gasteiger partial charge is 0.0924 e. The Kier molecular flexibility index (Phi) is 2.99. The Morgan fingerprint density at radius 2 is 2.33 bits per heavy atom. The molecule has 0 heterocycles. The number of alkyl halides is 2. The van der Waals surface area contributed by atoms with E-state index in [4.69, 9.17) is 0 Å². The summed E-state index contributed by atoms with van der Waals surface area (Å²) in [5.74, 6) is 0. The molecular formula is C4H7F2-. The molecular weight excluding hydrogens is 86.0 g/mol. The molecule has 0 aliphatic carbocycles. The van der Waals surface area contributed by atoms with Crippen LogP contribution in [-0.4, -0.2) is 12.8 Å². The molecule has 0 radical (unpaired) electrons. The van der Waals surface area contributed by atoms with Crippen molar-refractivity contribution in [2.45, 2.75) is 13.1 Å². The largest absolute Gasteiger partial charge is 0.295 e. The summed E-state index contributed by atoms with van der Waals surface area (Å²) in [5, 5.41) is 0. The van der Waals surface area contributed by atoms with Gasteiger partial charge in [0.25, 0.3) is 0 Å². The van der Waals surface area contributed by atoms with Crippen molar-refractivity contribution < 1.29 is 8.78 Å². The molecule has 0 aromatic rings. The average Bonchev–Trinajstić information content (AvgIpc) is 1.65. The van der Waals surface area contributed by atoms with Crippen molar-refractivity contribution in [3.63, 3.8) is 0 Å². The minimum absolute atomic E-state index is 0.892. The summed E-state index contributed by atoms with van der Waals surface area (Å²) in [6.07, 6.45) is -0.176. The van der Waals surface area contributed by atoms with E-state index in [1.54, 1.807) is 0 Å². The summed E-state index contributed by atoms with van der Waals surface area (Å²) in [6, 6.07) is 0. The van der Waals surface area contributed by atoms with E-state index in [0.29, 0.717) is 0 Å². The zero-order valence-electron chi connectivity index (χ0n) is 3.62. The van der Waals surface area contributed by atoms with Crippen LogP contribution in [-0.2, 0) is 0 Å². The molecule has 0 aliphatic rings. The van der Waals surface area contributed by atoms with Crippen molar-refractivity contribution in [1.82, 2.24) is 0 Å². The monoisotopic (exact) mass is 93.1 g/mol. The Bertz CT molecular complexity index is 24.7. The number of hydrogen-bond acceptors (Lipinski definition) is 0. The summed E-state index contributed by atoms with van der Waals surface area (Å²) in [4.78, 5) is 0. The van der Waals surface area contributed by atoms with Gasteiger partial charge in [-0.25, -0.2) is 0 Å². The fourth-order valence-corrected chi connectivity index (χ4v) is 0.0891. The van der Waals surface area contributed by atoms with Crippen LogP contribution in [0.2, 0.25) is 0 Å². The molecule has 0 aromatic carbocycles. The number of hydrogen-bond donors (Lipinski definition) is 0. The van der Waals surface area contributed by atoms with Gasteiger partial charge in [-0.15, -0.1) is 0 Å². The second-order valence-corrected chi connectivity index (χ2v) is 1.00. The molecule has 2 heteroatoms. The van der Waals surface area contributed by atoms with E-state index >= 15 is 0 Å². The molecule has 0 nitrogen and oxygen atoms in total. The van der Waals surface area contributed by atoms with E-state index in [9.17, 15) is 8.78 Å². The zero-order valence-corrected chi connectivity index (χ0v) is 3.62. The first-order chi connectivity index (χ1) is 2.81. The molecule has 0 aromatic heterocycles. The number of rotatable bonds is 2. The first-order valence-electron chi connectivity index (χ1n) is 1.80. The lowest BCUT2D eigenvalue weighted by atomic mass is 10.3. The third-order valence-corrected chi connectivity index (χ3v) is 0.509. The molecule has 38 valence electrons. The summed E-state index contributed by atoms with van der Waals surface area (Å²) >= 11 is 0. The van der Waals surface area contributed by atoms with Crippen LogP contribution in [0.25, 0.3) is 0 Å². The van der Waals surface area contributed by atoms with Crippen LogP contribution in [0.4, 0.5) is 8.78 Å². The van der Waals surface area contributed by atoms with Crippen molar-refractivity contribution >= 4 is 0 Å². The summed E-state index contributed by atoms with van der Waals surface area (Å²) in [6.45, 7) is 0.598. The second-order valence-electron chi connectivity index (χ2n) is 1.00. The zero-order chi connectivity index (χ0) is 4.99. The van der Waals surface area contributed by atoms with Gasteiger partial charge in [-0.1, -0.05) is 0 Å². The first-order valence-corrected chi connectivity index (χ1v) is 1.80. The Hall–Kier alpha value is -0.140. The normalized spacial score (nSPS) is 14.5. The Labute approximate surface area is 36.2 Å². The molecule has 0 aliphatic heterocycles. The van der Waals surface area contributed by atoms with Crippen LogP contribution < -0.4 is 0 Å². The van der Waals surface area contributed by atoms with E-state index in [1.165, 1.54) is 13.3 Å². The molecule has 1 unspecified atom stereocenters. The van der Waals surface area contributed by atoms with E-state index in [2.05, 4.69) is 0 Å². The highest BCUT2D eigenvalue weighted by atomic mass is 19.2. The second kappa shape index (κ2) is 3.07. The Balaban J connectivity index is 2.75. The van der Waals surface area contributed by atoms with Crippen LogP contribution >= 0.6 is 0 Å². The van der Waals surface area contributed by atoms with Crippen molar-refractivity contribution in [2.24, 2.45) is 0 Å². The lowest BCUT2D eigenvalue weighted by Gasteiger charge is -2.03. The predicted octanol–water partition coefficient (Wildman–Crippen LogP) is 1.52. The fourth-order valence-electron chi connectivity index (χ4n) is 0.0891. The Morgan fingerprint density at radius 3 is 2.33 bits per heavy atom. The minimum atomic E-state index is -1.36. The topological polar surface area (TPSA) is 0 Å². The molecule has 0 amide bonds. The number of halogens is 2. The first kappa shape index (κ1) is 5.86. The highest BCUT2D eigenvalue weighted by Gasteiger charge is 1.86. The molecule has 0 N–H and O–H groups in total. The Morgan fingerprint density at radius 1 is 1.83 bits per heavy atom.